The van der Waals surface area contributed by atoms with Crippen LogP contribution in [0.3, 0.4) is 0 Å². The van der Waals surface area contributed by atoms with Crippen molar-refractivity contribution in [2.75, 3.05) is 18.5 Å². The molecule has 0 atom stereocenters. The smallest absolute Gasteiger partial charge is 0.345 e. The van der Waals surface area contributed by atoms with Gasteiger partial charge >= 0.3 is 5.97 Å². The molecule has 3 nitrogen and oxygen atoms in total. The highest BCUT2D eigenvalue weighted by atomic mass is 32.1. The zero-order chi connectivity index (χ0) is 12.3. The summed E-state index contributed by atoms with van der Waals surface area (Å²) in [5.74, 6) is -0.854. The van der Waals surface area contributed by atoms with Gasteiger partial charge in [0.1, 0.15) is 4.88 Å². The van der Waals surface area contributed by atoms with Crippen LogP contribution in [0.15, 0.2) is 29.0 Å². The normalized spacial score (nSPS) is 10.4. The van der Waals surface area contributed by atoms with Crippen LogP contribution in [0.2, 0.25) is 0 Å². The van der Waals surface area contributed by atoms with Gasteiger partial charge in [-0.3, -0.25) is 0 Å². The molecule has 2 rings (SSSR count). The number of anilines is 1. The Morgan fingerprint density at radius 3 is 2.88 bits per heavy atom. The Labute approximate surface area is 108 Å². The quantitative estimate of drug-likeness (QED) is 0.904. The van der Waals surface area contributed by atoms with Crippen molar-refractivity contribution in [2.45, 2.75) is 6.42 Å². The number of hydrogen-bond acceptors (Lipinski definition) is 4. The Morgan fingerprint density at radius 1 is 1.47 bits per heavy atom. The summed E-state index contributed by atoms with van der Waals surface area (Å²) in [6.07, 6.45) is 0.992. The summed E-state index contributed by atoms with van der Waals surface area (Å²) in [4.78, 5) is 14.6. The monoisotopic (exact) mass is 267 g/mol. The fourth-order valence-electron chi connectivity index (χ4n) is 1.50. The summed E-state index contributed by atoms with van der Waals surface area (Å²) in [7, 11) is 1.99. The van der Waals surface area contributed by atoms with E-state index in [-0.39, 0.29) is 0 Å². The van der Waals surface area contributed by atoms with Gasteiger partial charge in [0.2, 0.25) is 0 Å². The second kappa shape index (κ2) is 5.33. The molecule has 0 bridgehead atoms. The van der Waals surface area contributed by atoms with Crippen LogP contribution in [0, 0.1) is 0 Å². The third-order valence-corrected chi connectivity index (χ3v) is 4.35. The van der Waals surface area contributed by atoms with Gasteiger partial charge in [0, 0.05) is 29.5 Å². The standard InChI is InChI=1S/C12H13NO2S2/c1-13(5-4-10-3-2-6-16-10)9-7-11(12(14)15)17-8-9/h2-3,6-8H,4-5H2,1H3,(H,14,15). The lowest BCUT2D eigenvalue weighted by Crippen LogP contribution is -2.19. The topological polar surface area (TPSA) is 40.5 Å². The second-order valence-electron chi connectivity index (χ2n) is 3.73. The van der Waals surface area contributed by atoms with Gasteiger partial charge in [0.25, 0.3) is 0 Å². The summed E-state index contributed by atoms with van der Waals surface area (Å²) >= 11 is 3.02. The number of carboxylic acid groups (broad SMARTS) is 1. The average molecular weight is 267 g/mol. The number of hydrogen-bond donors (Lipinski definition) is 1. The molecule has 0 aliphatic rings. The maximum Gasteiger partial charge on any atom is 0.345 e. The lowest BCUT2D eigenvalue weighted by Gasteiger charge is -2.16. The summed E-state index contributed by atoms with van der Waals surface area (Å²) in [6.45, 7) is 0.899. The molecule has 0 saturated carbocycles. The fraction of sp³-hybridized carbons (Fsp3) is 0.250. The number of carbonyl (C=O) groups is 1. The Kier molecular flexibility index (Phi) is 3.81. The summed E-state index contributed by atoms with van der Waals surface area (Å²) in [5, 5.41) is 12.8. The van der Waals surface area contributed by atoms with Crippen molar-refractivity contribution in [2.24, 2.45) is 0 Å². The molecule has 5 heteroatoms. The van der Waals surface area contributed by atoms with Gasteiger partial charge in [-0.2, -0.15) is 0 Å². The SMILES string of the molecule is CN(CCc1cccs1)c1csc(C(=O)O)c1. The van der Waals surface area contributed by atoms with E-state index in [4.69, 9.17) is 5.11 Å². The van der Waals surface area contributed by atoms with Crippen LogP contribution < -0.4 is 4.90 Å². The van der Waals surface area contributed by atoms with Gasteiger partial charge in [-0.05, 0) is 23.9 Å². The lowest BCUT2D eigenvalue weighted by molar-refractivity contribution is 0.0702. The van der Waals surface area contributed by atoms with E-state index in [9.17, 15) is 4.79 Å². The van der Waals surface area contributed by atoms with Crippen LogP contribution >= 0.6 is 22.7 Å². The van der Waals surface area contributed by atoms with Crippen molar-refractivity contribution < 1.29 is 9.90 Å². The number of aromatic carboxylic acids is 1. The zero-order valence-corrected chi connectivity index (χ0v) is 11.1. The minimum absolute atomic E-state index is 0.392. The van der Waals surface area contributed by atoms with E-state index in [2.05, 4.69) is 16.3 Å². The van der Waals surface area contributed by atoms with Crippen molar-refractivity contribution in [3.8, 4) is 0 Å². The van der Waals surface area contributed by atoms with Gasteiger partial charge in [-0.1, -0.05) is 6.07 Å². The molecular weight excluding hydrogens is 254 g/mol. The Morgan fingerprint density at radius 2 is 2.29 bits per heavy atom. The molecule has 0 fully saturated rings. The van der Waals surface area contributed by atoms with Gasteiger partial charge < -0.3 is 10.0 Å². The predicted molar refractivity (Wildman–Crippen MR) is 72.6 cm³/mol. The van der Waals surface area contributed by atoms with Crippen LogP contribution in [0.4, 0.5) is 5.69 Å². The molecule has 2 aromatic rings. The van der Waals surface area contributed by atoms with Gasteiger partial charge in [-0.15, -0.1) is 22.7 Å². The first kappa shape index (κ1) is 12.1. The molecule has 1 N–H and O–H groups in total. The number of rotatable bonds is 5. The van der Waals surface area contributed by atoms with Crippen LogP contribution in [0.1, 0.15) is 14.5 Å². The van der Waals surface area contributed by atoms with E-state index >= 15 is 0 Å². The summed E-state index contributed by atoms with van der Waals surface area (Å²) < 4.78 is 0. The average Bonchev–Trinajstić information content (AvgIpc) is 2.96. The summed E-state index contributed by atoms with van der Waals surface area (Å²) in [6, 6.07) is 5.89. The third-order valence-electron chi connectivity index (χ3n) is 2.51. The minimum atomic E-state index is -0.854. The van der Waals surface area contributed by atoms with E-state index in [0.717, 1.165) is 18.7 Å². The maximum absolute atomic E-state index is 10.8. The molecule has 0 unspecified atom stereocenters. The Hall–Kier alpha value is -1.33. The maximum atomic E-state index is 10.8. The zero-order valence-electron chi connectivity index (χ0n) is 9.42. The lowest BCUT2D eigenvalue weighted by atomic mass is 10.3. The first-order valence-electron chi connectivity index (χ1n) is 5.22. The molecule has 90 valence electrons. The highest BCUT2D eigenvalue weighted by Gasteiger charge is 2.09. The van der Waals surface area contributed by atoms with Crippen molar-refractivity contribution >= 4 is 34.3 Å². The Balaban J connectivity index is 1.94. The fourth-order valence-corrected chi connectivity index (χ4v) is 2.98. The third kappa shape index (κ3) is 3.08. The number of nitrogens with zero attached hydrogens (tertiary/aromatic N) is 1. The van der Waals surface area contributed by atoms with Gasteiger partial charge in [0.15, 0.2) is 0 Å². The predicted octanol–water partition coefficient (Wildman–Crippen LogP) is 3.19. The van der Waals surface area contributed by atoms with E-state index in [1.54, 1.807) is 17.4 Å². The highest BCUT2D eigenvalue weighted by molar-refractivity contribution is 7.12. The van der Waals surface area contributed by atoms with Crippen LogP contribution in [-0.2, 0) is 6.42 Å². The van der Waals surface area contributed by atoms with Crippen LogP contribution in [0.25, 0.3) is 0 Å². The first-order valence-corrected chi connectivity index (χ1v) is 6.98. The molecule has 2 aromatic heterocycles. The van der Waals surface area contributed by atoms with E-state index in [0.29, 0.717) is 4.88 Å². The Bertz CT molecular complexity index is 490. The van der Waals surface area contributed by atoms with Crippen molar-refractivity contribution in [1.82, 2.24) is 0 Å². The molecule has 0 radical (unpaired) electrons. The molecule has 0 aliphatic carbocycles. The number of likely N-dealkylation sites (N-methyl/N-ethyl adjacent to an activating group) is 1. The van der Waals surface area contributed by atoms with E-state index in [1.807, 2.05) is 18.5 Å². The van der Waals surface area contributed by atoms with Crippen molar-refractivity contribution in [3.05, 3.63) is 38.7 Å². The number of carboxylic acids is 1. The van der Waals surface area contributed by atoms with Crippen LogP contribution in [-0.4, -0.2) is 24.7 Å². The van der Waals surface area contributed by atoms with Gasteiger partial charge in [0.05, 0.1) is 0 Å². The van der Waals surface area contributed by atoms with Crippen molar-refractivity contribution in [1.29, 1.82) is 0 Å². The molecule has 2 heterocycles. The molecule has 0 aromatic carbocycles. The van der Waals surface area contributed by atoms with E-state index in [1.165, 1.54) is 16.2 Å². The molecular formula is C12H13NO2S2. The molecule has 0 spiro atoms. The molecule has 0 aliphatic heterocycles. The summed E-state index contributed by atoms with van der Waals surface area (Å²) in [5.41, 5.74) is 0.976. The van der Waals surface area contributed by atoms with E-state index < -0.39 is 5.97 Å². The molecule has 0 amide bonds. The second-order valence-corrected chi connectivity index (χ2v) is 5.67. The largest absolute Gasteiger partial charge is 0.477 e. The first-order chi connectivity index (χ1) is 8.16. The number of thiophene rings is 2. The van der Waals surface area contributed by atoms with Crippen molar-refractivity contribution in [3.63, 3.8) is 0 Å². The van der Waals surface area contributed by atoms with Crippen LogP contribution in [0.5, 0.6) is 0 Å². The molecule has 0 saturated heterocycles. The minimum Gasteiger partial charge on any atom is -0.477 e. The van der Waals surface area contributed by atoms with Gasteiger partial charge in [-0.25, -0.2) is 4.79 Å². The molecule has 17 heavy (non-hydrogen) atoms. The highest BCUT2D eigenvalue weighted by Crippen LogP contribution is 2.22.